The lowest BCUT2D eigenvalue weighted by atomic mass is 10.2. The van der Waals surface area contributed by atoms with Gasteiger partial charge in [0.25, 0.3) is 0 Å². The quantitative estimate of drug-likeness (QED) is 0.510. The molecule has 3 nitrogen and oxygen atoms in total. The predicted molar refractivity (Wildman–Crippen MR) is 78.9 cm³/mol. The van der Waals surface area contributed by atoms with Crippen LogP contribution in [-0.2, 0) is 17.0 Å². The molecule has 0 amide bonds. The van der Waals surface area contributed by atoms with Gasteiger partial charge in [-0.15, -0.1) is 11.6 Å². The van der Waals surface area contributed by atoms with Crippen LogP contribution in [-0.4, -0.2) is 24.8 Å². The molecule has 1 rings (SSSR count). The maximum atomic E-state index is 5.88. The highest BCUT2D eigenvalue weighted by Gasteiger charge is 2.03. The van der Waals surface area contributed by atoms with Gasteiger partial charge in [-0.2, -0.15) is 0 Å². The van der Waals surface area contributed by atoms with E-state index in [0.29, 0.717) is 30.9 Å². The van der Waals surface area contributed by atoms with Crippen molar-refractivity contribution in [1.82, 2.24) is 4.98 Å². The van der Waals surface area contributed by atoms with Crippen molar-refractivity contribution in [3.63, 3.8) is 0 Å². The van der Waals surface area contributed by atoms with E-state index >= 15 is 0 Å². The Balaban J connectivity index is 2.45. The second-order valence-electron chi connectivity index (χ2n) is 5.01. The number of ether oxygens (including phenoxy) is 2. The molecule has 0 spiro atoms. The van der Waals surface area contributed by atoms with Gasteiger partial charge in [-0.05, 0) is 24.0 Å². The summed E-state index contributed by atoms with van der Waals surface area (Å²) in [5.74, 6) is 1.68. The first-order valence-corrected chi connectivity index (χ1v) is 7.45. The fourth-order valence-electron chi connectivity index (χ4n) is 1.68. The molecule has 108 valence electrons. The molecular formula is C15H24ClNO2. The van der Waals surface area contributed by atoms with E-state index in [1.165, 1.54) is 0 Å². The zero-order valence-electron chi connectivity index (χ0n) is 12.1. The van der Waals surface area contributed by atoms with Gasteiger partial charge >= 0.3 is 0 Å². The zero-order valence-corrected chi connectivity index (χ0v) is 12.9. The molecule has 0 aliphatic carbocycles. The van der Waals surface area contributed by atoms with E-state index in [1.807, 2.05) is 12.1 Å². The monoisotopic (exact) mass is 285 g/mol. The van der Waals surface area contributed by atoms with Crippen LogP contribution in [0.1, 0.15) is 38.4 Å². The van der Waals surface area contributed by atoms with Gasteiger partial charge in [0, 0.05) is 24.2 Å². The molecule has 0 bridgehead atoms. The molecule has 1 heterocycles. The maximum absolute atomic E-state index is 5.88. The summed E-state index contributed by atoms with van der Waals surface area (Å²) >= 11 is 5.88. The van der Waals surface area contributed by atoms with Crippen molar-refractivity contribution >= 4 is 11.6 Å². The van der Waals surface area contributed by atoms with Crippen molar-refractivity contribution in [3.8, 4) is 5.88 Å². The molecule has 0 aromatic carbocycles. The third-order valence-electron chi connectivity index (χ3n) is 2.50. The highest BCUT2D eigenvalue weighted by atomic mass is 35.5. The fraction of sp³-hybridized carbons (Fsp3) is 0.667. The molecule has 19 heavy (non-hydrogen) atoms. The first kappa shape index (κ1) is 16.3. The molecular weight excluding hydrogens is 262 g/mol. The van der Waals surface area contributed by atoms with Crippen molar-refractivity contribution in [1.29, 1.82) is 0 Å². The summed E-state index contributed by atoms with van der Waals surface area (Å²) in [4.78, 5) is 4.47. The minimum Gasteiger partial charge on any atom is -0.475 e. The number of hydrogen-bond donors (Lipinski definition) is 0. The Morgan fingerprint density at radius 3 is 2.68 bits per heavy atom. The third kappa shape index (κ3) is 6.79. The Bertz CT molecular complexity index is 369. The molecule has 0 saturated carbocycles. The molecule has 0 aliphatic heterocycles. The van der Waals surface area contributed by atoms with E-state index in [1.54, 1.807) is 0 Å². The molecule has 0 atom stereocenters. The number of aryl methyl sites for hydroxylation is 1. The minimum absolute atomic E-state index is 0.486. The van der Waals surface area contributed by atoms with Gasteiger partial charge in [-0.25, -0.2) is 4.98 Å². The molecule has 4 heteroatoms. The summed E-state index contributed by atoms with van der Waals surface area (Å²) in [5, 5.41) is 0. The Morgan fingerprint density at radius 1 is 1.26 bits per heavy atom. The van der Waals surface area contributed by atoms with E-state index in [2.05, 4.69) is 25.8 Å². The van der Waals surface area contributed by atoms with Crippen molar-refractivity contribution < 1.29 is 9.47 Å². The molecule has 1 aromatic heterocycles. The van der Waals surface area contributed by atoms with Crippen LogP contribution in [0.15, 0.2) is 12.1 Å². The summed E-state index contributed by atoms with van der Waals surface area (Å²) < 4.78 is 11.1. The van der Waals surface area contributed by atoms with Crippen LogP contribution < -0.4 is 4.74 Å². The fourth-order valence-corrected chi connectivity index (χ4v) is 1.83. The molecule has 0 aliphatic rings. The summed E-state index contributed by atoms with van der Waals surface area (Å²) in [6.45, 7) is 8.27. The summed E-state index contributed by atoms with van der Waals surface area (Å²) in [6.07, 6.45) is 2.01. The third-order valence-corrected chi connectivity index (χ3v) is 2.81. The standard InChI is InChI=1S/C15H24ClNO2/c1-4-5-14-8-13(10-16)9-15(17-14)19-7-6-18-11-12(2)3/h8-9,12H,4-7,10-11H2,1-3H3. The smallest absolute Gasteiger partial charge is 0.213 e. The van der Waals surface area contributed by atoms with Gasteiger partial charge in [0.05, 0.1) is 6.61 Å². The molecule has 0 saturated heterocycles. The largest absolute Gasteiger partial charge is 0.475 e. The van der Waals surface area contributed by atoms with E-state index in [9.17, 15) is 0 Å². The van der Waals surface area contributed by atoms with E-state index in [-0.39, 0.29) is 0 Å². The van der Waals surface area contributed by atoms with Crippen LogP contribution in [0.25, 0.3) is 0 Å². The highest BCUT2D eigenvalue weighted by Crippen LogP contribution is 2.15. The summed E-state index contributed by atoms with van der Waals surface area (Å²) in [6, 6.07) is 3.94. The first-order valence-electron chi connectivity index (χ1n) is 6.92. The maximum Gasteiger partial charge on any atom is 0.213 e. The number of halogens is 1. The lowest BCUT2D eigenvalue weighted by Crippen LogP contribution is -2.11. The van der Waals surface area contributed by atoms with Gasteiger partial charge < -0.3 is 9.47 Å². The average molecular weight is 286 g/mol. The van der Waals surface area contributed by atoms with Crippen molar-refractivity contribution in [2.24, 2.45) is 5.92 Å². The van der Waals surface area contributed by atoms with E-state index < -0.39 is 0 Å². The highest BCUT2D eigenvalue weighted by molar-refractivity contribution is 6.17. The first-order chi connectivity index (χ1) is 9.15. The molecule has 0 N–H and O–H groups in total. The number of pyridine rings is 1. The summed E-state index contributed by atoms with van der Waals surface area (Å²) in [5.41, 5.74) is 2.09. The van der Waals surface area contributed by atoms with Crippen LogP contribution in [0.4, 0.5) is 0 Å². The predicted octanol–water partition coefficient (Wildman–Crippen LogP) is 3.82. The Hall–Kier alpha value is -0.800. The molecule has 1 aromatic rings. The lowest BCUT2D eigenvalue weighted by molar-refractivity contribution is 0.0805. The van der Waals surface area contributed by atoms with Crippen LogP contribution in [0, 0.1) is 5.92 Å². The number of alkyl halides is 1. The van der Waals surface area contributed by atoms with Crippen LogP contribution >= 0.6 is 11.6 Å². The normalized spacial score (nSPS) is 11.0. The zero-order chi connectivity index (χ0) is 14.1. The van der Waals surface area contributed by atoms with Gasteiger partial charge in [-0.3, -0.25) is 0 Å². The second-order valence-corrected chi connectivity index (χ2v) is 5.27. The van der Waals surface area contributed by atoms with Gasteiger partial charge in [0.1, 0.15) is 6.61 Å². The number of aromatic nitrogens is 1. The Kier molecular flexibility index (Phi) is 7.84. The van der Waals surface area contributed by atoms with E-state index in [0.717, 1.165) is 30.7 Å². The number of hydrogen-bond acceptors (Lipinski definition) is 3. The van der Waals surface area contributed by atoms with Crippen LogP contribution in [0.2, 0.25) is 0 Å². The number of rotatable bonds is 9. The Morgan fingerprint density at radius 2 is 2.05 bits per heavy atom. The van der Waals surface area contributed by atoms with E-state index in [4.69, 9.17) is 21.1 Å². The molecule has 0 unspecified atom stereocenters. The number of nitrogens with zero attached hydrogens (tertiary/aromatic N) is 1. The average Bonchev–Trinajstić information content (AvgIpc) is 2.38. The topological polar surface area (TPSA) is 31.4 Å². The summed E-state index contributed by atoms with van der Waals surface area (Å²) in [7, 11) is 0. The van der Waals surface area contributed by atoms with Crippen LogP contribution in [0.3, 0.4) is 0 Å². The second kappa shape index (κ2) is 9.16. The molecule has 0 radical (unpaired) electrons. The Labute approximate surface area is 121 Å². The van der Waals surface area contributed by atoms with Crippen molar-refractivity contribution in [2.75, 3.05) is 19.8 Å². The minimum atomic E-state index is 0.486. The van der Waals surface area contributed by atoms with Crippen molar-refractivity contribution in [3.05, 3.63) is 23.4 Å². The van der Waals surface area contributed by atoms with Crippen molar-refractivity contribution in [2.45, 2.75) is 39.5 Å². The molecule has 0 fully saturated rings. The SMILES string of the molecule is CCCc1cc(CCl)cc(OCCOCC(C)C)n1. The van der Waals surface area contributed by atoms with Gasteiger partial charge in [0.15, 0.2) is 0 Å². The van der Waals surface area contributed by atoms with Gasteiger partial charge in [0.2, 0.25) is 5.88 Å². The van der Waals surface area contributed by atoms with Crippen LogP contribution in [0.5, 0.6) is 5.88 Å². The lowest BCUT2D eigenvalue weighted by Gasteiger charge is -2.10. The van der Waals surface area contributed by atoms with Gasteiger partial charge in [-0.1, -0.05) is 27.2 Å².